The molecule has 0 saturated carbocycles. The van der Waals surface area contributed by atoms with Crippen LogP contribution < -0.4 is 15.4 Å². The second-order valence-electron chi connectivity index (χ2n) is 7.40. The van der Waals surface area contributed by atoms with Crippen molar-refractivity contribution in [2.45, 2.75) is 64.8 Å². The topological polar surface area (TPSA) is 54.9 Å². The van der Waals surface area contributed by atoms with Crippen LogP contribution in [0.2, 0.25) is 0 Å². The average molecular weight is 473 g/mol. The molecule has 2 bridgehead atoms. The van der Waals surface area contributed by atoms with Crippen LogP contribution in [0.15, 0.2) is 29.3 Å². The van der Waals surface area contributed by atoms with Crippen molar-refractivity contribution >= 4 is 29.9 Å². The monoisotopic (exact) mass is 473 g/mol. The lowest BCUT2D eigenvalue weighted by Crippen LogP contribution is -2.47. The molecule has 2 N–H and O–H groups in total. The van der Waals surface area contributed by atoms with Crippen molar-refractivity contribution in [1.29, 1.82) is 0 Å². The van der Waals surface area contributed by atoms with Crippen LogP contribution in [0.3, 0.4) is 0 Å². The maximum absolute atomic E-state index is 5.92. The Labute approximate surface area is 174 Å². The second-order valence-corrected chi connectivity index (χ2v) is 7.40. The van der Waals surface area contributed by atoms with Gasteiger partial charge in [0, 0.05) is 6.54 Å². The number of guanidine groups is 1. The SMILES string of the molecule is CCNC(=NCc1ccc(OCC(C)C)cc1)NC1CC2CCC1O2.I. The van der Waals surface area contributed by atoms with E-state index in [-0.39, 0.29) is 24.0 Å². The van der Waals surface area contributed by atoms with E-state index in [4.69, 9.17) is 14.5 Å². The van der Waals surface area contributed by atoms with Crippen molar-refractivity contribution in [3.8, 4) is 5.75 Å². The minimum absolute atomic E-state index is 0. The molecule has 3 rings (SSSR count). The molecule has 6 heteroatoms. The Balaban J connectivity index is 0.00000243. The molecule has 0 aromatic heterocycles. The first-order chi connectivity index (χ1) is 12.1. The van der Waals surface area contributed by atoms with Crippen molar-refractivity contribution in [2.75, 3.05) is 13.2 Å². The average Bonchev–Trinajstić information content (AvgIpc) is 3.22. The normalized spacial score (nSPS) is 24.5. The molecule has 2 saturated heterocycles. The molecule has 2 aliphatic heterocycles. The Morgan fingerprint density at radius 2 is 2.04 bits per heavy atom. The smallest absolute Gasteiger partial charge is 0.191 e. The lowest BCUT2D eigenvalue weighted by Gasteiger charge is -2.22. The highest BCUT2D eigenvalue weighted by Crippen LogP contribution is 2.34. The number of hydrogen-bond donors (Lipinski definition) is 2. The fourth-order valence-electron chi connectivity index (χ4n) is 3.41. The molecule has 3 unspecified atom stereocenters. The number of nitrogens with one attached hydrogen (secondary N) is 2. The molecule has 2 fully saturated rings. The standard InChI is InChI=1S/C20H31N3O2.HI/c1-4-21-20(23-18-11-17-9-10-19(18)25-17)22-12-15-5-7-16(8-6-15)24-13-14(2)3;/h5-8,14,17-19H,4,9-13H2,1-3H3,(H2,21,22,23);1H. The first kappa shape index (κ1) is 21.3. The van der Waals surface area contributed by atoms with Crippen molar-refractivity contribution in [1.82, 2.24) is 10.6 Å². The fourth-order valence-corrected chi connectivity index (χ4v) is 3.41. The maximum atomic E-state index is 5.92. The zero-order valence-corrected chi connectivity index (χ0v) is 18.4. The Morgan fingerprint density at radius 1 is 1.27 bits per heavy atom. The number of nitrogens with zero attached hydrogens (tertiary/aromatic N) is 1. The van der Waals surface area contributed by atoms with E-state index in [0.717, 1.165) is 31.3 Å². The Bertz CT molecular complexity index is 577. The van der Waals surface area contributed by atoms with E-state index in [2.05, 4.69) is 43.5 Å². The third-order valence-electron chi connectivity index (χ3n) is 4.70. The third kappa shape index (κ3) is 6.01. The molecule has 0 radical (unpaired) electrons. The number of ether oxygens (including phenoxy) is 2. The molecule has 1 aromatic carbocycles. The first-order valence-corrected chi connectivity index (χ1v) is 9.56. The number of rotatable bonds is 7. The molecule has 2 aliphatic rings. The summed E-state index contributed by atoms with van der Waals surface area (Å²) in [5.41, 5.74) is 1.18. The van der Waals surface area contributed by atoms with E-state index in [0.29, 0.717) is 30.7 Å². The fraction of sp³-hybridized carbons (Fsp3) is 0.650. The van der Waals surface area contributed by atoms with Crippen LogP contribution >= 0.6 is 24.0 Å². The number of fused-ring (bicyclic) bond motifs is 2. The van der Waals surface area contributed by atoms with Crippen molar-refractivity contribution in [3.63, 3.8) is 0 Å². The van der Waals surface area contributed by atoms with E-state index >= 15 is 0 Å². The van der Waals surface area contributed by atoms with Crippen LogP contribution in [0.1, 0.15) is 45.6 Å². The number of halogens is 1. The van der Waals surface area contributed by atoms with Gasteiger partial charge in [0.25, 0.3) is 0 Å². The molecule has 5 nitrogen and oxygen atoms in total. The van der Waals surface area contributed by atoms with Crippen LogP contribution in [-0.2, 0) is 11.3 Å². The van der Waals surface area contributed by atoms with Crippen LogP contribution in [0, 0.1) is 5.92 Å². The van der Waals surface area contributed by atoms with Crippen molar-refractivity contribution < 1.29 is 9.47 Å². The summed E-state index contributed by atoms with van der Waals surface area (Å²) in [4.78, 5) is 4.73. The van der Waals surface area contributed by atoms with E-state index in [1.807, 2.05) is 12.1 Å². The second kappa shape index (κ2) is 10.3. The number of benzene rings is 1. The van der Waals surface area contributed by atoms with Gasteiger partial charge in [-0.05, 0) is 49.8 Å². The quantitative estimate of drug-likeness (QED) is 0.360. The van der Waals surface area contributed by atoms with Gasteiger partial charge in [0.1, 0.15) is 5.75 Å². The van der Waals surface area contributed by atoms with Crippen LogP contribution in [-0.4, -0.2) is 37.4 Å². The predicted octanol–water partition coefficient (Wildman–Crippen LogP) is 3.71. The van der Waals surface area contributed by atoms with E-state index in [1.165, 1.54) is 18.4 Å². The Hall–Kier alpha value is -1.02. The molecule has 26 heavy (non-hydrogen) atoms. The van der Waals surface area contributed by atoms with Gasteiger partial charge < -0.3 is 20.1 Å². The summed E-state index contributed by atoms with van der Waals surface area (Å²) in [5, 5.41) is 6.89. The van der Waals surface area contributed by atoms with Gasteiger partial charge in [0.15, 0.2) is 5.96 Å². The van der Waals surface area contributed by atoms with Gasteiger partial charge in [-0.3, -0.25) is 0 Å². The summed E-state index contributed by atoms with van der Waals surface area (Å²) < 4.78 is 11.6. The third-order valence-corrected chi connectivity index (χ3v) is 4.70. The Morgan fingerprint density at radius 3 is 2.62 bits per heavy atom. The van der Waals surface area contributed by atoms with Crippen LogP contribution in [0.4, 0.5) is 0 Å². The summed E-state index contributed by atoms with van der Waals surface area (Å²) in [7, 11) is 0. The summed E-state index contributed by atoms with van der Waals surface area (Å²) in [6.45, 7) is 8.66. The van der Waals surface area contributed by atoms with Crippen molar-refractivity contribution in [2.24, 2.45) is 10.9 Å². The zero-order valence-electron chi connectivity index (χ0n) is 16.0. The summed E-state index contributed by atoms with van der Waals surface area (Å²) in [5.74, 6) is 2.34. The molecule has 3 atom stereocenters. The molecular weight excluding hydrogens is 441 g/mol. The molecular formula is C20H32IN3O2. The van der Waals surface area contributed by atoms with Crippen LogP contribution in [0.25, 0.3) is 0 Å². The van der Waals surface area contributed by atoms with Gasteiger partial charge in [-0.15, -0.1) is 24.0 Å². The Kier molecular flexibility index (Phi) is 8.47. The molecule has 1 aromatic rings. The largest absolute Gasteiger partial charge is 0.493 e. The molecule has 0 aliphatic carbocycles. The van der Waals surface area contributed by atoms with E-state index < -0.39 is 0 Å². The number of hydrogen-bond acceptors (Lipinski definition) is 3. The van der Waals surface area contributed by atoms with Gasteiger partial charge >= 0.3 is 0 Å². The van der Waals surface area contributed by atoms with Crippen molar-refractivity contribution in [3.05, 3.63) is 29.8 Å². The summed E-state index contributed by atoms with van der Waals surface area (Å²) in [6, 6.07) is 8.62. The zero-order chi connectivity index (χ0) is 17.6. The highest BCUT2D eigenvalue weighted by Gasteiger charge is 2.41. The molecule has 0 spiro atoms. The molecule has 2 heterocycles. The maximum Gasteiger partial charge on any atom is 0.191 e. The molecule has 0 amide bonds. The lowest BCUT2D eigenvalue weighted by atomic mass is 9.96. The van der Waals surface area contributed by atoms with Gasteiger partial charge in [0.05, 0.1) is 31.4 Å². The lowest BCUT2D eigenvalue weighted by molar-refractivity contribution is 0.0992. The van der Waals surface area contributed by atoms with Crippen LogP contribution in [0.5, 0.6) is 5.75 Å². The summed E-state index contributed by atoms with van der Waals surface area (Å²) in [6.07, 6.45) is 4.27. The highest BCUT2D eigenvalue weighted by molar-refractivity contribution is 14.0. The minimum Gasteiger partial charge on any atom is -0.493 e. The van der Waals surface area contributed by atoms with Gasteiger partial charge in [-0.1, -0.05) is 26.0 Å². The predicted molar refractivity (Wildman–Crippen MR) is 116 cm³/mol. The van der Waals surface area contributed by atoms with Gasteiger partial charge in [0.2, 0.25) is 0 Å². The summed E-state index contributed by atoms with van der Waals surface area (Å²) >= 11 is 0. The number of aliphatic imine (C=N–C) groups is 1. The minimum atomic E-state index is 0. The first-order valence-electron chi connectivity index (χ1n) is 9.56. The van der Waals surface area contributed by atoms with E-state index in [9.17, 15) is 0 Å². The highest BCUT2D eigenvalue weighted by atomic mass is 127. The van der Waals surface area contributed by atoms with E-state index in [1.54, 1.807) is 0 Å². The van der Waals surface area contributed by atoms with Gasteiger partial charge in [-0.2, -0.15) is 0 Å². The molecule has 146 valence electrons. The van der Waals surface area contributed by atoms with Gasteiger partial charge in [-0.25, -0.2) is 4.99 Å².